The smallest absolute Gasteiger partial charge is 0.221 e. The average Bonchev–Trinajstić information content (AvgIpc) is 2.38. The highest BCUT2D eigenvalue weighted by Gasteiger charge is 2.18. The van der Waals surface area contributed by atoms with Crippen molar-refractivity contribution in [3.05, 3.63) is 35.9 Å². The highest BCUT2D eigenvalue weighted by atomic mass is 16.1. The van der Waals surface area contributed by atoms with Crippen LogP contribution in [-0.2, 0) is 11.2 Å². The Morgan fingerprint density at radius 2 is 1.95 bits per heavy atom. The molecule has 1 rings (SSSR count). The Hall–Kier alpha value is -1.35. The number of hydrogen-bond donors (Lipinski definition) is 2. The fourth-order valence-electron chi connectivity index (χ4n) is 2.06. The second-order valence-electron chi connectivity index (χ2n) is 5.82. The number of carbonyl (C=O) groups is 1. The normalized spacial score (nSPS) is 11.3. The minimum absolute atomic E-state index is 0.0543. The zero-order valence-corrected chi connectivity index (χ0v) is 12.1. The molecule has 3 nitrogen and oxygen atoms in total. The molecule has 0 saturated carbocycles. The number of benzene rings is 1. The van der Waals surface area contributed by atoms with Gasteiger partial charge in [-0.2, -0.15) is 0 Å². The van der Waals surface area contributed by atoms with Crippen molar-refractivity contribution in [1.29, 1.82) is 0 Å². The van der Waals surface area contributed by atoms with Gasteiger partial charge in [-0.05, 0) is 30.2 Å². The maximum atomic E-state index is 11.4. The molecule has 19 heavy (non-hydrogen) atoms. The molecule has 0 unspecified atom stereocenters. The second-order valence-corrected chi connectivity index (χ2v) is 5.82. The SMILES string of the molecule is CC(C)(CCCc1ccccc1)CNC(=O)CCN. The fourth-order valence-corrected chi connectivity index (χ4v) is 2.06. The number of rotatable bonds is 8. The van der Waals surface area contributed by atoms with Crippen LogP contribution in [0, 0.1) is 5.41 Å². The van der Waals surface area contributed by atoms with Crippen molar-refractivity contribution in [2.45, 2.75) is 39.5 Å². The van der Waals surface area contributed by atoms with Gasteiger partial charge in [-0.3, -0.25) is 4.79 Å². The summed E-state index contributed by atoms with van der Waals surface area (Å²) in [7, 11) is 0. The molecule has 0 atom stereocenters. The summed E-state index contributed by atoms with van der Waals surface area (Å²) in [5, 5.41) is 2.95. The van der Waals surface area contributed by atoms with Gasteiger partial charge < -0.3 is 11.1 Å². The molecule has 0 heterocycles. The molecule has 106 valence electrons. The summed E-state index contributed by atoms with van der Waals surface area (Å²) < 4.78 is 0. The molecule has 3 N–H and O–H groups in total. The van der Waals surface area contributed by atoms with E-state index in [2.05, 4.69) is 43.4 Å². The first-order chi connectivity index (χ1) is 9.03. The standard InChI is InChI=1S/C16H26N2O/c1-16(2,13-18-15(19)10-12-17)11-6-9-14-7-4-3-5-8-14/h3-5,7-8H,6,9-13,17H2,1-2H3,(H,18,19). The van der Waals surface area contributed by atoms with Crippen LogP contribution < -0.4 is 11.1 Å². The van der Waals surface area contributed by atoms with E-state index in [4.69, 9.17) is 5.73 Å². The maximum Gasteiger partial charge on any atom is 0.221 e. The molecule has 0 aliphatic rings. The maximum absolute atomic E-state index is 11.4. The van der Waals surface area contributed by atoms with Crippen LogP contribution in [-0.4, -0.2) is 19.0 Å². The third-order valence-electron chi connectivity index (χ3n) is 3.30. The lowest BCUT2D eigenvalue weighted by atomic mass is 9.86. The van der Waals surface area contributed by atoms with Gasteiger partial charge >= 0.3 is 0 Å². The van der Waals surface area contributed by atoms with Crippen LogP contribution >= 0.6 is 0 Å². The monoisotopic (exact) mass is 262 g/mol. The van der Waals surface area contributed by atoms with E-state index in [-0.39, 0.29) is 11.3 Å². The molecule has 1 amide bonds. The molecule has 0 aromatic heterocycles. The Bertz CT molecular complexity index is 374. The van der Waals surface area contributed by atoms with Gasteiger partial charge in [0, 0.05) is 19.5 Å². The van der Waals surface area contributed by atoms with Crippen molar-refractivity contribution in [2.75, 3.05) is 13.1 Å². The van der Waals surface area contributed by atoms with Crippen LogP contribution in [0.4, 0.5) is 0 Å². The molecule has 0 aliphatic heterocycles. The van der Waals surface area contributed by atoms with E-state index < -0.39 is 0 Å². The van der Waals surface area contributed by atoms with Gasteiger partial charge in [-0.15, -0.1) is 0 Å². The summed E-state index contributed by atoms with van der Waals surface area (Å²) in [4.78, 5) is 11.4. The molecule has 1 aromatic rings. The quantitative estimate of drug-likeness (QED) is 0.756. The van der Waals surface area contributed by atoms with Crippen LogP contribution in [0.25, 0.3) is 0 Å². The largest absolute Gasteiger partial charge is 0.356 e. The fraction of sp³-hybridized carbons (Fsp3) is 0.562. The summed E-state index contributed by atoms with van der Waals surface area (Å²) in [5.74, 6) is 0.0543. The highest BCUT2D eigenvalue weighted by Crippen LogP contribution is 2.22. The number of carbonyl (C=O) groups excluding carboxylic acids is 1. The predicted octanol–water partition coefficient (Wildman–Crippen LogP) is 2.50. The minimum atomic E-state index is 0.0543. The van der Waals surface area contributed by atoms with E-state index in [1.807, 2.05) is 6.07 Å². The van der Waals surface area contributed by atoms with Crippen molar-refractivity contribution >= 4 is 5.91 Å². The lowest BCUT2D eigenvalue weighted by molar-refractivity contribution is -0.121. The number of nitrogens with two attached hydrogens (primary N) is 1. The van der Waals surface area contributed by atoms with Crippen LogP contribution in [0.5, 0.6) is 0 Å². The van der Waals surface area contributed by atoms with Gasteiger partial charge in [0.25, 0.3) is 0 Å². The summed E-state index contributed by atoms with van der Waals surface area (Å²) in [5.41, 5.74) is 6.87. The number of aryl methyl sites for hydroxylation is 1. The molecule has 0 fully saturated rings. The Morgan fingerprint density at radius 3 is 2.58 bits per heavy atom. The first-order valence-electron chi connectivity index (χ1n) is 7.04. The van der Waals surface area contributed by atoms with E-state index in [0.717, 1.165) is 25.8 Å². The average molecular weight is 262 g/mol. The summed E-state index contributed by atoms with van der Waals surface area (Å²) in [6.45, 7) is 5.53. The molecule has 0 aliphatic carbocycles. The van der Waals surface area contributed by atoms with E-state index in [0.29, 0.717) is 13.0 Å². The molecule has 0 spiro atoms. The molecule has 1 aromatic carbocycles. The number of amides is 1. The van der Waals surface area contributed by atoms with Crippen molar-refractivity contribution in [3.8, 4) is 0 Å². The Balaban J connectivity index is 2.24. The Kier molecular flexibility index (Phi) is 6.57. The third kappa shape index (κ3) is 6.97. The van der Waals surface area contributed by atoms with Crippen LogP contribution in [0.3, 0.4) is 0 Å². The first-order valence-corrected chi connectivity index (χ1v) is 7.04. The Morgan fingerprint density at radius 1 is 1.26 bits per heavy atom. The van der Waals surface area contributed by atoms with Crippen molar-refractivity contribution in [2.24, 2.45) is 11.1 Å². The third-order valence-corrected chi connectivity index (χ3v) is 3.30. The van der Waals surface area contributed by atoms with Gasteiger partial charge in [-0.25, -0.2) is 0 Å². The molecule has 0 radical (unpaired) electrons. The zero-order chi connectivity index (χ0) is 14.1. The summed E-state index contributed by atoms with van der Waals surface area (Å²) >= 11 is 0. The van der Waals surface area contributed by atoms with Gasteiger partial charge in [0.2, 0.25) is 5.91 Å². The van der Waals surface area contributed by atoms with Crippen molar-refractivity contribution in [3.63, 3.8) is 0 Å². The van der Waals surface area contributed by atoms with E-state index in [9.17, 15) is 4.79 Å². The molecular formula is C16H26N2O. The molecule has 0 bridgehead atoms. The lowest BCUT2D eigenvalue weighted by Gasteiger charge is -2.25. The minimum Gasteiger partial charge on any atom is -0.356 e. The van der Waals surface area contributed by atoms with Gasteiger partial charge in [-0.1, -0.05) is 44.2 Å². The number of nitrogens with one attached hydrogen (secondary N) is 1. The van der Waals surface area contributed by atoms with E-state index >= 15 is 0 Å². The molecular weight excluding hydrogens is 236 g/mol. The van der Waals surface area contributed by atoms with Gasteiger partial charge in [0.1, 0.15) is 0 Å². The highest BCUT2D eigenvalue weighted by molar-refractivity contribution is 5.76. The van der Waals surface area contributed by atoms with Crippen molar-refractivity contribution in [1.82, 2.24) is 5.32 Å². The van der Waals surface area contributed by atoms with Crippen LogP contribution in [0.15, 0.2) is 30.3 Å². The Labute approximate surface area is 116 Å². The van der Waals surface area contributed by atoms with Gasteiger partial charge in [0.05, 0.1) is 0 Å². The first kappa shape index (κ1) is 15.7. The van der Waals surface area contributed by atoms with Crippen LogP contribution in [0.2, 0.25) is 0 Å². The number of hydrogen-bond acceptors (Lipinski definition) is 2. The predicted molar refractivity (Wildman–Crippen MR) is 79.8 cm³/mol. The van der Waals surface area contributed by atoms with Gasteiger partial charge in [0.15, 0.2) is 0 Å². The van der Waals surface area contributed by atoms with E-state index in [1.54, 1.807) is 0 Å². The topological polar surface area (TPSA) is 55.1 Å². The molecule has 0 saturated heterocycles. The summed E-state index contributed by atoms with van der Waals surface area (Å²) in [6, 6.07) is 10.5. The van der Waals surface area contributed by atoms with Crippen molar-refractivity contribution < 1.29 is 4.79 Å². The second kappa shape index (κ2) is 7.95. The van der Waals surface area contributed by atoms with E-state index in [1.165, 1.54) is 5.56 Å². The zero-order valence-electron chi connectivity index (χ0n) is 12.1. The lowest BCUT2D eigenvalue weighted by Crippen LogP contribution is -2.34. The molecule has 3 heteroatoms. The van der Waals surface area contributed by atoms with Crippen LogP contribution in [0.1, 0.15) is 38.7 Å². The summed E-state index contributed by atoms with van der Waals surface area (Å²) in [6.07, 6.45) is 3.76.